The summed E-state index contributed by atoms with van der Waals surface area (Å²) in [5.41, 5.74) is 2.82. The fourth-order valence-electron chi connectivity index (χ4n) is 3.75. The van der Waals surface area contributed by atoms with E-state index in [2.05, 4.69) is 50.4 Å². The fourth-order valence-corrected chi connectivity index (χ4v) is 3.75. The van der Waals surface area contributed by atoms with Gasteiger partial charge in [0, 0.05) is 6.61 Å². The van der Waals surface area contributed by atoms with Gasteiger partial charge in [-0.25, -0.2) is 0 Å². The molecule has 0 aliphatic heterocycles. The Bertz CT molecular complexity index is 406. The lowest BCUT2D eigenvalue weighted by molar-refractivity contribution is -0.0623. The second-order valence-corrected chi connectivity index (χ2v) is 6.19. The zero-order valence-corrected chi connectivity index (χ0v) is 14.0. The van der Waals surface area contributed by atoms with Gasteiger partial charge in [-0.05, 0) is 43.9 Å². The number of ether oxygens (including phenoxy) is 1. The molecule has 0 aromatic heterocycles. The Labute approximate surface area is 130 Å². The Morgan fingerprint density at radius 1 is 1.10 bits per heavy atom. The normalized spacial score (nSPS) is 18.8. The van der Waals surface area contributed by atoms with E-state index >= 15 is 0 Å². The Balaban J connectivity index is 2.24. The van der Waals surface area contributed by atoms with Crippen LogP contribution in [0.1, 0.15) is 70.0 Å². The van der Waals surface area contributed by atoms with E-state index in [1.165, 1.54) is 49.7 Å². The van der Waals surface area contributed by atoms with Crippen molar-refractivity contribution in [3.8, 4) is 0 Å². The number of hydrogen-bond donors (Lipinski definition) is 1. The van der Waals surface area contributed by atoms with E-state index in [9.17, 15) is 0 Å². The third-order valence-electron chi connectivity index (χ3n) is 4.67. The van der Waals surface area contributed by atoms with E-state index in [1.807, 2.05) is 0 Å². The number of hydrogen-bond acceptors (Lipinski definition) is 2. The highest BCUT2D eigenvalue weighted by Gasteiger charge is 2.42. The predicted molar refractivity (Wildman–Crippen MR) is 89.7 cm³/mol. The molecule has 0 saturated heterocycles. The van der Waals surface area contributed by atoms with Crippen molar-refractivity contribution >= 4 is 0 Å². The second-order valence-electron chi connectivity index (χ2n) is 6.19. The van der Waals surface area contributed by atoms with Crippen molar-refractivity contribution in [3.63, 3.8) is 0 Å². The molecule has 1 fully saturated rings. The van der Waals surface area contributed by atoms with Crippen LogP contribution in [0.5, 0.6) is 0 Å². The fraction of sp³-hybridized carbons (Fsp3) is 0.684. The minimum absolute atomic E-state index is 0.00294. The quantitative estimate of drug-likeness (QED) is 0.753. The van der Waals surface area contributed by atoms with Crippen LogP contribution in [0.4, 0.5) is 0 Å². The highest BCUT2D eigenvalue weighted by atomic mass is 16.5. The Morgan fingerprint density at radius 2 is 1.76 bits per heavy atom. The molecule has 1 aromatic rings. The summed E-state index contributed by atoms with van der Waals surface area (Å²) in [6, 6.07) is 9.50. The molecule has 118 valence electrons. The van der Waals surface area contributed by atoms with Crippen molar-refractivity contribution in [2.45, 2.75) is 70.9 Å². The lowest BCUT2D eigenvalue weighted by atomic mass is 9.86. The first-order valence-corrected chi connectivity index (χ1v) is 8.72. The maximum Gasteiger partial charge on any atom is 0.0876 e. The van der Waals surface area contributed by atoms with Gasteiger partial charge in [-0.3, -0.25) is 0 Å². The van der Waals surface area contributed by atoms with Crippen LogP contribution in [0, 0.1) is 0 Å². The summed E-state index contributed by atoms with van der Waals surface area (Å²) in [5.74, 6) is 0. The second kappa shape index (κ2) is 7.95. The van der Waals surface area contributed by atoms with Crippen molar-refractivity contribution in [3.05, 3.63) is 35.4 Å². The smallest absolute Gasteiger partial charge is 0.0876 e. The Morgan fingerprint density at radius 3 is 2.29 bits per heavy atom. The van der Waals surface area contributed by atoms with Gasteiger partial charge in [0.2, 0.25) is 0 Å². The van der Waals surface area contributed by atoms with E-state index in [-0.39, 0.29) is 5.60 Å². The molecule has 1 saturated carbocycles. The molecule has 21 heavy (non-hydrogen) atoms. The standard InChI is InChI=1S/C19H31NO/c1-4-9-16-10-12-17(13-11-16)18(20-5-2)19(21-6-3)14-7-8-15-19/h10-13,18,20H,4-9,14-15H2,1-3H3. The number of aryl methyl sites for hydroxylation is 1. The number of rotatable bonds is 8. The van der Waals surface area contributed by atoms with Gasteiger partial charge in [0.1, 0.15) is 0 Å². The molecule has 1 atom stereocenters. The van der Waals surface area contributed by atoms with Gasteiger partial charge in [-0.2, -0.15) is 0 Å². The van der Waals surface area contributed by atoms with E-state index < -0.39 is 0 Å². The first-order valence-electron chi connectivity index (χ1n) is 8.72. The van der Waals surface area contributed by atoms with Crippen molar-refractivity contribution in [1.82, 2.24) is 5.32 Å². The van der Waals surface area contributed by atoms with Crippen LogP contribution in [-0.4, -0.2) is 18.8 Å². The first kappa shape index (κ1) is 16.5. The van der Waals surface area contributed by atoms with E-state index in [1.54, 1.807) is 0 Å². The molecule has 2 rings (SSSR count). The molecule has 2 heteroatoms. The minimum atomic E-state index is -0.00294. The maximum absolute atomic E-state index is 6.27. The molecular formula is C19H31NO. The van der Waals surface area contributed by atoms with Gasteiger partial charge >= 0.3 is 0 Å². The van der Waals surface area contributed by atoms with Crippen LogP contribution in [0.15, 0.2) is 24.3 Å². The summed E-state index contributed by atoms with van der Waals surface area (Å²) >= 11 is 0. The summed E-state index contributed by atoms with van der Waals surface area (Å²) in [6.07, 6.45) is 7.30. The number of likely N-dealkylation sites (N-methyl/N-ethyl adjacent to an activating group) is 1. The molecule has 0 bridgehead atoms. The van der Waals surface area contributed by atoms with Gasteiger partial charge < -0.3 is 10.1 Å². The third kappa shape index (κ3) is 3.87. The van der Waals surface area contributed by atoms with Crippen LogP contribution < -0.4 is 5.32 Å². The largest absolute Gasteiger partial charge is 0.373 e. The van der Waals surface area contributed by atoms with Gasteiger partial charge in [0.15, 0.2) is 0 Å². The summed E-state index contributed by atoms with van der Waals surface area (Å²) < 4.78 is 6.27. The average molecular weight is 289 g/mol. The van der Waals surface area contributed by atoms with Gasteiger partial charge in [-0.15, -0.1) is 0 Å². The van der Waals surface area contributed by atoms with E-state index in [4.69, 9.17) is 4.74 Å². The monoisotopic (exact) mass is 289 g/mol. The van der Waals surface area contributed by atoms with Gasteiger partial charge in [-0.1, -0.05) is 57.4 Å². The Hall–Kier alpha value is -0.860. The van der Waals surface area contributed by atoms with Crippen molar-refractivity contribution in [1.29, 1.82) is 0 Å². The van der Waals surface area contributed by atoms with Crippen molar-refractivity contribution in [2.75, 3.05) is 13.2 Å². The third-order valence-corrected chi connectivity index (χ3v) is 4.67. The average Bonchev–Trinajstić information content (AvgIpc) is 2.96. The van der Waals surface area contributed by atoms with Gasteiger partial charge in [0.25, 0.3) is 0 Å². The summed E-state index contributed by atoms with van der Waals surface area (Å²) in [7, 11) is 0. The lowest BCUT2D eigenvalue weighted by Crippen LogP contribution is -2.44. The first-order chi connectivity index (χ1) is 10.3. The summed E-state index contributed by atoms with van der Waals surface area (Å²) in [5, 5.41) is 3.69. The van der Waals surface area contributed by atoms with Crippen molar-refractivity contribution < 1.29 is 4.74 Å². The highest BCUT2D eigenvalue weighted by Crippen LogP contribution is 2.43. The molecule has 1 N–H and O–H groups in total. The summed E-state index contributed by atoms with van der Waals surface area (Å²) in [4.78, 5) is 0. The van der Waals surface area contributed by atoms with Crippen LogP contribution in [-0.2, 0) is 11.2 Å². The van der Waals surface area contributed by atoms with Crippen molar-refractivity contribution in [2.24, 2.45) is 0 Å². The molecule has 0 heterocycles. The molecule has 1 aromatic carbocycles. The predicted octanol–water partition coefficient (Wildman–Crippen LogP) is 4.64. The molecule has 1 aliphatic rings. The van der Waals surface area contributed by atoms with E-state index in [0.717, 1.165) is 13.2 Å². The van der Waals surface area contributed by atoms with Crippen LogP contribution in [0.3, 0.4) is 0 Å². The minimum Gasteiger partial charge on any atom is -0.373 e. The SMILES string of the molecule is CCCc1ccc(C(NCC)C2(OCC)CCCC2)cc1. The van der Waals surface area contributed by atoms with Crippen LogP contribution >= 0.6 is 0 Å². The van der Waals surface area contributed by atoms with E-state index in [0.29, 0.717) is 6.04 Å². The highest BCUT2D eigenvalue weighted by molar-refractivity contribution is 5.28. The topological polar surface area (TPSA) is 21.3 Å². The Kier molecular flexibility index (Phi) is 6.25. The molecule has 2 nitrogen and oxygen atoms in total. The molecular weight excluding hydrogens is 258 g/mol. The van der Waals surface area contributed by atoms with Gasteiger partial charge in [0.05, 0.1) is 11.6 Å². The van der Waals surface area contributed by atoms with Crippen LogP contribution in [0.2, 0.25) is 0 Å². The zero-order chi connectivity index (χ0) is 15.1. The molecule has 1 unspecified atom stereocenters. The van der Waals surface area contributed by atoms with Crippen LogP contribution in [0.25, 0.3) is 0 Å². The molecule has 0 radical (unpaired) electrons. The molecule has 0 spiro atoms. The number of nitrogens with one attached hydrogen (secondary N) is 1. The number of benzene rings is 1. The lowest BCUT2D eigenvalue weighted by Gasteiger charge is -2.38. The molecule has 0 amide bonds. The molecule has 1 aliphatic carbocycles. The maximum atomic E-state index is 6.27. The summed E-state index contributed by atoms with van der Waals surface area (Å²) in [6.45, 7) is 8.32. The zero-order valence-electron chi connectivity index (χ0n) is 14.0.